The minimum absolute atomic E-state index is 0. The van der Waals surface area contributed by atoms with Crippen LogP contribution in [0.1, 0.15) is 47.1 Å². The molecule has 0 saturated carbocycles. The monoisotopic (exact) mass is 364 g/mol. The predicted molar refractivity (Wildman–Crippen MR) is 99.3 cm³/mol. The predicted octanol–water partition coefficient (Wildman–Crippen LogP) is 2.59. The summed E-state index contributed by atoms with van der Waals surface area (Å²) in [6.07, 6.45) is 3.03. The van der Waals surface area contributed by atoms with Crippen LogP contribution in [0, 0.1) is 0 Å². The van der Waals surface area contributed by atoms with Gasteiger partial charge >= 0.3 is 0 Å². The summed E-state index contributed by atoms with van der Waals surface area (Å²) in [4.78, 5) is 12.4. The first-order chi connectivity index (χ1) is 11.8. The van der Waals surface area contributed by atoms with Crippen LogP contribution >= 0.6 is 12.4 Å². The fourth-order valence-corrected chi connectivity index (χ4v) is 2.76. The molecule has 3 N–H and O–H groups in total. The minimum Gasteiger partial charge on any atom is -0.494 e. The van der Waals surface area contributed by atoms with E-state index in [4.69, 9.17) is 4.74 Å². The quantitative estimate of drug-likeness (QED) is 0.660. The molecule has 136 valence electrons. The van der Waals surface area contributed by atoms with Crippen LogP contribution in [0.2, 0.25) is 0 Å². The van der Waals surface area contributed by atoms with E-state index in [2.05, 4.69) is 27.8 Å². The molecule has 1 amide bonds. The van der Waals surface area contributed by atoms with E-state index >= 15 is 0 Å². The maximum Gasteiger partial charge on any atom is 0.272 e. The standard InChI is InChI=1S/C18H24N4O2.ClH/c1-2-3-9-24-14-6-4-5-13(10-14)11-20-18(23)17-15-12-19-8-7-16(15)21-22-17;/h4-6,10,19H,2-3,7-9,11-12H2,1H3,(H,20,23)(H,21,22);1H. The van der Waals surface area contributed by atoms with Crippen LogP contribution in [-0.2, 0) is 19.5 Å². The highest BCUT2D eigenvalue weighted by atomic mass is 35.5. The number of unbranched alkanes of at least 4 members (excludes halogenated alkanes) is 1. The number of hydrogen-bond donors (Lipinski definition) is 3. The Labute approximate surface area is 154 Å². The largest absolute Gasteiger partial charge is 0.494 e. The van der Waals surface area contributed by atoms with Gasteiger partial charge in [0.05, 0.1) is 6.61 Å². The first-order valence-corrected chi connectivity index (χ1v) is 8.54. The summed E-state index contributed by atoms with van der Waals surface area (Å²) in [6.45, 7) is 4.92. The number of carbonyl (C=O) groups is 1. The number of nitrogens with one attached hydrogen (secondary N) is 3. The molecule has 0 saturated heterocycles. The number of aromatic nitrogens is 2. The van der Waals surface area contributed by atoms with Crippen LogP contribution < -0.4 is 15.4 Å². The van der Waals surface area contributed by atoms with Gasteiger partial charge in [-0.05, 0) is 24.1 Å². The molecule has 0 radical (unpaired) electrons. The first-order valence-electron chi connectivity index (χ1n) is 8.54. The molecule has 1 aliphatic heterocycles. The van der Waals surface area contributed by atoms with E-state index in [-0.39, 0.29) is 18.3 Å². The lowest BCUT2D eigenvalue weighted by Gasteiger charge is -2.13. The molecule has 2 heterocycles. The molecule has 1 aromatic carbocycles. The number of fused-ring (bicyclic) bond motifs is 1. The number of aromatic amines is 1. The molecule has 7 heteroatoms. The van der Waals surface area contributed by atoms with E-state index in [0.717, 1.165) is 55.0 Å². The summed E-state index contributed by atoms with van der Waals surface area (Å²) >= 11 is 0. The van der Waals surface area contributed by atoms with Crippen molar-refractivity contribution in [2.24, 2.45) is 0 Å². The number of benzene rings is 1. The van der Waals surface area contributed by atoms with Crippen LogP contribution in [0.25, 0.3) is 0 Å². The van der Waals surface area contributed by atoms with Gasteiger partial charge in [0, 0.05) is 37.3 Å². The number of halogens is 1. The van der Waals surface area contributed by atoms with Gasteiger partial charge in [0.1, 0.15) is 5.75 Å². The molecule has 0 aliphatic carbocycles. The molecule has 0 fully saturated rings. The first kappa shape index (κ1) is 19.3. The highest BCUT2D eigenvalue weighted by Crippen LogP contribution is 2.16. The third-order valence-electron chi connectivity index (χ3n) is 4.14. The van der Waals surface area contributed by atoms with Gasteiger partial charge in [-0.1, -0.05) is 25.5 Å². The summed E-state index contributed by atoms with van der Waals surface area (Å²) in [6, 6.07) is 7.84. The lowest BCUT2D eigenvalue weighted by Crippen LogP contribution is -2.28. The molecule has 25 heavy (non-hydrogen) atoms. The van der Waals surface area contributed by atoms with Crippen molar-refractivity contribution in [3.8, 4) is 5.75 Å². The number of H-pyrrole nitrogens is 1. The van der Waals surface area contributed by atoms with Gasteiger partial charge in [-0.3, -0.25) is 9.89 Å². The fourth-order valence-electron chi connectivity index (χ4n) is 2.76. The summed E-state index contributed by atoms with van der Waals surface area (Å²) in [5.41, 5.74) is 3.55. The number of amides is 1. The van der Waals surface area contributed by atoms with Gasteiger partial charge in [-0.2, -0.15) is 5.10 Å². The molecular formula is C18H25ClN4O2. The number of nitrogens with zero attached hydrogens (tertiary/aromatic N) is 1. The number of rotatable bonds is 7. The van der Waals surface area contributed by atoms with Gasteiger partial charge in [-0.15, -0.1) is 12.4 Å². The topological polar surface area (TPSA) is 79.0 Å². The highest BCUT2D eigenvalue weighted by Gasteiger charge is 2.21. The zero-order valence-electron chi connectivity index (χ0n) is 14.4. The van der Waals surface area contributed by atoms with Crippen LogP contribution in [-0.4, -0.2) is 29.3 Å². The van der Waals surface area contributed by atoms with E-state index in [0.29, 0.717) is 18.8 Å². The van der Waals surface area contributed by atoms with Crippen molar-refractivity contribution in [2.75, 3.05) is 13.2 Å². The summed E-state index contributed by atoms with van der Waals surface area (Å²) in [5, 5.41) is 13.4. The molecule has 6 nitrogen and oxygen atoms in total. The number of carbonyl (C=O) groups excluding carboxylic acids is 1. The Kier molecular flexibility index (Phi) is 7.28. The lowest BCUT2D eigenvalue weighted by atomic mass is 10.1. The Morgan fingerprint density at radius 1 is 1.40 bits per heavy atom. The minimum atomic E-state index is -0.145. The van der Waals surface area contributed by atoms with Gasteiger partial charge in [0.15, 0.2) is 5.69 Å². The van der Waals surface area contributed by atoms with E-state index in [9.17, 15) is 4.79 Å². The Hall–Kier alpha value is -2.05. The molecule has 1 aliphatic rings. The van der Waals surface area contributed by atoms with Crippen LogP contribution in [0.3, 0.4) is 0 Å². The zero-order valence-corrected chi connectivity index (χ0v) is 15.2. The highest BCUT2D eigenvalue weighted by molar-refractivity contribution is 5.94. The summed E-state index contributed by atoms with van der Waals surface area (Å²) in [5.74, 6) is 0.699. The van der Waals surface area contributed by atoms with Gasteiger partial charge < -0.3 is 15.4 Å². The Morgan fingerprint density at radius 3 is 3.12 bits per heavy atom. The van der Waals surface area contributed by atoms with Crippen LogP contribution in [0.5, 0.6) is 5.75 Å². The Bertz CT molecular complexity index is 702. The maximum atomic E-state index is 12.4. The van der Waals surface area contributed by atoms with E-state index in [1.165, 1.54) is 0 Å². The van der Waals surface area contributed by atoms with Crippen molar-refractivity contribution in [1.29, 1.82) is 0 Å². The second-order valence-electron chi connectivity index (χ2n) is 5.99. The van der Waals surface area contributed by atoms with E-state index < -0.39 is 0 Å². The van der Waals surface area contributed by atoms with E-state index in [1.54, 1.807) is 0 Å². The SMILES string of the molecule is CCCCOc1cccc(CNC(=O)c2n[nH]c3c2CNCC3)c1.Cl. The third kappa shape index (κ3) is 4.96. The fraction of sp³-hybridized carbons (Fsp3) is 0.444. The van der Waals surface area contributed by atoms with Crippen LogP contribution in [0.15, 0.2) is 24.3 Å². The second kappa shape index (κ2) is 9.44. The molecule has 1 aromatic heterocycles. The zero-order chi connectivity index (χ0) is 16.8. The molecule has 0 spiro atoms. The van der Waals surface area contributed by atoms with Gasteiger partial charge in [0.25, 0.3) is 5.91 Å². The van der Waals surface area contributed by atoms with Crippen molar-refractivity contribution in [3.63, 3.8) is 0 Å². The number of hydrogen-bond acceptors (Lipinski definition) is 4. The molecule has 3 rings (SSSR count). The van der Waals surface area contributed by atoms with Crippen molar-refractivity contribution >= 4 is 18.3 Å². The van der Waals surface area contributed by atoms with Crippen molar-refractivity contribution < 1.29 is 9.53 Å². The lowest BCUT2D eigenvalue weighted by molar-refractivity contribution is 0.0944. The molecule has 0 unspecified atom stereocenters. The Balaban J connectivity index is 0.00000225. The average molecular weight is 365 g/mol. The second-order valence-corrected chi connectivity index (χ2v) is 5.99. The summed E-state index contributed by atoms with van der Waals surface area (Å²) in [7, 11) is 0. The number of ether oxygens (including phenoxy) is 1. The van der Waals surface area contributed by atoms with Gasteiger partial charge in [-0.25, -0.2) is 0 Å². The maximum absolute atomic E-state index is 12.4. The average Bonchev–Trinajstić information content (AvgIpc) is 3.04. The van der Waals surface area contributed by atoms with Crippen molar-refractivity contribution in [2.45, 2.75) is 39.3 Å². The van der Waals surface area contributed by atoms with Gasteiger partial charge in [0.2, 0.25) is 0 Å². The van der Waals surface area contributed by atoms with E-state index in [1.807, 2.05) is 24.3 Å². The molecule has 0 atom stereocenters. The Morgan fingerprint density at radius 2 is 2.28 bits per heavy atom. The smallest absolute Gasteiger partial charge is 0.272 e. The summed E-state index contributed by atoms with van der Waals surface area (Å²) < 4.78 is 5.70. The van der Waals surface area contributed by atoms with Crippen molar-refractivity contribution in [1.82, 2.24) is 20.8 Å². The normalized spacial score (nSPS) is 12.8. The van der Waals surface area contributed by atoms with Crippen LogP contribution in [0.4, 0.5) is 0 Å². The molecular weight excluding hydrogens is 340 g/mol. The molecule has 0 bridgehead atoms. The van der Waals surface area contributed by atoms with Crippen molar-refractivity contribution in [3.05, 3.63) is 46.8 Å². The third-order valence-corrected chi connectivity index (χ3v) is 4.14. The molecule has 2 aromatic rings.